The number of benzene rings is 2. The molecule has 2 heterocycles. The first-order chi connectivity index (χ1) is 16.5. The molecule has 0 fully saturated rings. The predicted molar refractivity (Wildman–Crippen MR) is 128 cm³/mol. The fourth-order valence-corrected chi connectivity index (χ4v) is 3.92. The van der Waals surface area contributed by atoms with Crippen molar-refractivity contribution >= 4 is 12.0 Å². The molecule has 34 heavy (non-hydrogen) atoms. The number of ether oxygens (including phenoxy) is 2. The first-order valence-electron chi connectivity index (χ1n) is 11.1. The maximum Gasteiger partial charge on any atom is 0.338 e. The maximum absolute atomic E-state index is 13.3. The number of aryl methyl sites for hydroxylation is 2. The lowest BCUT2D eigenvalue weighted by Crippen LogP contribution is -2.46. The molecule has 0 radical (unpaired) electrons. The summed E-state index contributed by atoms with van der Waals surface area (Å²) in [4.78, 5) is 30.1. The molecular weight excluding hydrogens is 430 g/mol. The summed E-state index contributed by atoms with van der Waals surface area (Å²) < 4.78 is 10.9. The highest BCUT2D eigenvalue weighted by molar-refractivity contribution is 5.95. The Kier molecular flexibility index (Phi) is 7.22. The van der Waals surface area contributed by atoms with Gasteiger partial charge < -0.3 is 20.1 Å². The SMILES string of the molecule is COc1ccc(CCC2=C(C(=O)OCc3ccccc3)C(c3ccnc(C)c3)NC(=O)N2)cc1. The summed E-state index contributed by atoms with van der Waals surface area (Å²) in [5.41, 5.74) is 4.47. The van der Waals surface area contributed by atoms with Gasteiger partial charge >= 0.3 is 12.0 Å². The molecule has 1 atom stereocenters. The average molecular weight is 458 g/mol. The number of methoxy groups -OCH3 is 1. The Morgan fingerprint density at radius 2 is 1.76 bits per heavy atom. The number of carbonyl (C=O) groups excluding carboxylic acids is 2. The van der Waals surface area contributed by atoms with Crippen molar-refractivity contribution in [2.24, 2.45) is 0 Å². The minimum absolute atomic E-state index is 0.144. The predicted octanol–water partition coefficient (Wildman–Crippen LogP) is 4.38. The maximum atomic E-state index is 13.3. The van der Waals surface area contributed by atoms with Crippen LogP contribution in [0.3, 0.4) is 0 Å². The van der Waals surface area contributed by atoms with Crippen molar-refractivity contribution in [2.75, 3.05) is 7.11 Å². The number of nitrogens with zero attached hydrogens (tertiary/aromatic N) is 1. The van der Waals surface area contributed by atoms with Crippen molar-refractivity contribution in [3.05, 3.63) is 107 Å². The van der Waals surface area contributed by atoms with E-state index >= 15 is 0 Å². The molecule has 1 unspecified atom stereocenters. The number of nitrogens with one attached hydrogen (secondary N) is 2. The van der Waals surface area contributed by atoms with Crippen LogP contribution in [0.25, 0.3) is 0 Å². The van der Waals surface area contributed by atoms with Crippen LogP contribution in [0.4, 0.5) is 4.79 Å². The van der Waals surface area contributed by atoms with Crippen LogP contribution in [-0.4, -0.2) is 24.1 Å². The van der Waals surface area contributed by atoms with Crippen LogP contribution >= 0.6 is 0 Å². The van der Waals surface area contributed by atoms with E-state index in [9.17, 15) is 9.59 Å². The molecule has 0 bridgehead atoms. The molecule has 0 saturated heterocycles. The average Bonchev–Trinajstić information content (AvgIpc) is 2.86. The quantitative estimate of drug-likeness (QED) is 0.490. The largest absolute Gasteiger partial charge is 0.497 e. The number of urea groups is 1. The second-order valence-electron chi connectivity index (χ2n) is 8.06. The molecule has 1 aromatic heterocycles. The Morgan fingerprint density at radius 1 is 1.00 bits per heavy atom. The standard InChI is InChI=1S/C27H27N3O4/c1-18-16-21(14-15-28-18)25-24(26(31)34-17-20-6-4-3-5-7-20)23(29-27(32)30-25)13-10-19-8-11-22(33-2)12-9-19/h3-9,11-12,14-16,25H,10,13,17H2,1-2H3,(H2,29,30,32). The van der Waals surface area contributed by atoms with Crippen molar-refractivity contribution < 1.29 is 19.1 Å². The number of rotatable bonds is 8. The van der Waals surface area contributed by atoms with Gasteiger partial charge in [0.1, 0.15) is 12.4 Å². The Bertz CT molecular complexity index is 1190. The second-order valence-corrected chi connectivity index (χ2v) is 8.06. The van der Waals surface area contributed by atoms with Gasteiger partial charge in [-0.15, -0.1) is 0 Å². The van der Waals surface area contributed by atoms with E-state index in [0.29, 0.717) is 24.1 Å². The first-order valence-corrected chi connectivity index (χ1v) is 11.1. The number of hydrogen-bond donors (Lipinski definition) is 2. The van der Waals surface area contributed by atoms with Crippen LogP contribution in [0, 0.1) is 6.92 Å². The molecular formula is C27H27N3O4. The van der Waals surface area contributed by atoms with Crippen molar-refractivity contribution in [2.45, 2.75) is 32.4 Å². The van der Waals surface area contributed by atoms with Crippen LogP contribution in [-0.2, 0) is 22.6 Å². The van der Waals surface area contributed by atoms with Gasteiger partial charge in [-0.2, -0.15) is 0 Å². The van der Waals surface area contributed by atoms with E-state index in [2.05, 4.69) is 15.6 Å². The molecule has 1 aliphatic heterocycles. The molecule has 2 aromatic carbocycles. The summed E-state index contributed by atoms with van der Waals surface area (Å²) in [6, 6.07) is 19.9. The fourth-order valence-electron chi connectivity index (χ4n) is 3.92. The highest BCUT2D eigenvalue weighted by Crippen LogP contribution is 2.30. The minimum Gasteiger partial charge on any atom is -0.497 e. The third-order valence-electron chi connectivity index (χ3n) is 5.66. The van der Waals surface area contributed by atoms with Crippen molar-refractivity contribution in [3.8, 4) is 5.75 Å². The molecule has 0 aliphatic carbocycles. The van der Waals surface area contributed by atoms with Gasteiger partial charge in [0.05, 0.1) is 18.7 Å². The highest BCUT2D eigenvalue weighted by atomic mass is 16.5. The zero-order valence-corrected chi connectivity index (χ0v) is 19.2. The van der Waals surface area contributed by atoms with Gasteiger partial charge in [-0.3, -0.25) is 4.98 Å². The van der Waals surface area contributed by atoms with Gasteiger partial charge in [-0.05, 0) is 60.7 Å². The van der Waals surface area contributed by atoms with Gasteiger partial charge in [-0.1, -0.05) is 42.5 Å². The summed E-state index contributed by atoms with van der Waals surface area (Å²) >= 11 is 0. The van der Waals surface area contributed by atoms with Crippen molar-refractivity contribution in [1.82, 2.24) is 15.6 Å². The van der Waals surface area contributed by atoms with Crippen LogP contribution in [0.5, 0.6) is 5.75 Å². The number of aromatic nitrogens is 1. The second kappa shape index (κ2) is 10.7. The van der Waals surface area contributed by atoms with E-state index in [0.717, 1.165) is 28.1 Å². The normalized spacial score (nSPS) is 15.4. The monoisotopic (exact) mass is 457 g/mol. The molecule has 2 amide bonds. The lowest BCUT2D eigenvalue weighted by Gasteiger charge is -2.29. The first kappa shape index (κ1) is 23.0. The van der Waals surface area contributed by atoms with E-state index in [1.54, 1.807) is 19.4 Å². The Balaban J connectivity index is 1.64. The van der Waals surface area contributed by atoms with E-state index in [1.807, 2.05) is 67.6 Å². The smallest absolute Gasteiger partial charge is 0.338 e. The molecule has 174 valence electrons. The summed E-state index contributed by atoms with van der Waals surface area (Å²) in [5.74, 6) is 0.303. The lowest BCUT2D eigenvalue weighted by molar-refractivity contribution is -0.140. The third kappa shape index (κ3) is 5.61. The van der Waals surface area contributed by atoms with Gasteiger partial charge in [-0.25, -0.2) is 9.59 Å². The van der Waals surface area contributed by atoms with Crippen LogP contribution in [0.2, 0.25) is 0 Å². The Labute approximate surface area is 198 Å². The summed E-state index contributed by atoms with van der Waals surface area (Å²) in [6.45, 7) is 2.01. The molecule has 4 rings (SSSR count). The van der Waals surface area contributed by atoms with Crippen molar-refractivity contribution in [3.63, 3.8) is 0 Å². The summed E-state index contributed by atoms with van der Waals surface area (Å²) in [6.07, 6.45) is 2.77. The number of carbonyl (C=O) groups is 2. The van der Waals surface area contributed by atoms with Crippen LogP contribution in [0.1, 0.15) is 34.8 Å². The summed E-state index contributed by atoms with van der Waals surface area (Å²) in [5, 5.41) is 5.72. The van der Waals surface area contributed by atoms with E-state index in [4.69, 9.17) is 9.47 Å². The Hall–Kier alpha value is -4.13. The van der Waals surface area contributed by atoms with Gasteiger partial charge in [0.2, 0.25) is 0 Å². The van der Waals surface area contributed by atoms with Gasteiger partial charge in [0.25, 0.3) is 0 Å². The molecule has 7 nitrogen and oxygen atoms in total. The highest BCUT2D eigenvalue weighted by Gasteiger charge is 2.33. The molecule has 1 aliphatic rings. The molecule has 0 saturated carbocycles. The third-order valence-corrected chi connectivity index (χ3v) is 5.66. The van der Waals surface area contributed by atoms with Crippen LogP contribution in [0.15, 0.2) is 84.2 Å². The van der Waals surface area contributed by atoms with E-state index in [1.165, 1.54) is 0 Å². The van der Waals surface area contributed by atoms with Crippen LogP contribution < -0.4 is 15.4 Å². The number of esters is 1. The van der Waals surface area contributed by atoms with E-state index < -0.39 is 12.0 Å². The van der Waals surface area contributed by atoms with Gasteiger partial charge in [0, 0.05) is 17.6 Å². The number of pyridine rings is 1. The number of hydrogen-bond acceptors (Lipinski definition) is 5. The van der Waals surface area contributed by atoms with E-state index in [-0.39, 0.29) is 12.6 Å². The number of amides is 2. The van der Waals surface area contributed by atoms with Crippen molar-refractivity contribution in [1.29, 1.82) is 0 Å². The minimum atomic E-state index is -0.635. The summed E-state index contributed by atoms with van der Waals surface area (Å²) in [7, 11) is 1.62. The molecule has 0 spiro atoms. The lowest BCUT2D eigenvalue weighted by atomic mass is 9.93. The zero-order valence-electron chi connectivity index (χ0n) is 19.2. The molecule has 2 N–H and O–H groups in total. The van der Waals surface area contributed by atoms with Gasteiger partial charge in [0.15, 0.2) is 0 Å². The topological polar surface area (TPSA) is 89.6 Å². The molecule has 3 aromatic rings. The number of allylic oxidation sites excluding steroid dienone is 1. The molecule has 7 heteroatoms. The fraction of sp³-hybridized carbons (Fsp3) is 0.222. The zero-order chi connectivity index (χ0) is 23.9. The Morgan fingerprint density at radius 3 is 2.47 bits per heavy atom.